The number of hydrogen-bond donors (Lipinski definition) is 2. The van der Waals surface area contributed by atoms with Crippen LogP contribution in [0.3, 0.4) is 0 Å². The van der Waals surface area contributed by atoms with E-state index in [1.54, 1.807) is 4.68 Å². The number of nitrogens with one attached hydrogen (secondary N) is 1. The molecular weight excluding hydrogens is 258 g/mol. The minimum atomic E-state index is 0.128. The average Bonchev–Trinajstić information content (AvgIpc) is 2.97. The second kappa shape index (κ2) is 6.84. The van der Waals surface area contributed by atoms with Gasteiger partial charge in [-0.15, -0.1) is 11.3 Å². The predicted molar refractivity (Wildman–Crippen MR) is 78.4 cm³/mol. The number of thiophene rings is 1. The van der Waals surface area contributed by atoms with E-state index in [0.29, 0.717) is 12.6 Å². The van der Waals surface area contributed by atoms with Crippen LogP contribution in [0.2, 0.25) is 0 Å². The van der Waals surface area contributed by atoms with Crippen molar-refractivity contribution in [2.45, 2.75) is 39.4 Å². The molecule has 0 aliphatic rings. The van der Waals surface area contributed by atoms with Crippen molar-refractivity contribution in [1.82, 2.24) is 15.1 Å². The van der Waals surface area contributed by atoms with Crippen LogP contribution in [0.15, 0.2) is 24.5 Å². The molecule has 0 amide bonds. The van der Waals surface area contributed by atoms with E-state index in [4.69, 9.17) is 5.11 Å². The first kappa shape index (κ1) is 14.2. The molecule has 2 heterocycles. The van der Waals surface area contributed by atoms with Gasteiger partial charge in [0.2, 0.25) is 0 Å². The zero-order valence-corrected chi connectivity index (χ0v) is 12.3. The summed E-state index contributed by atoms with van der Waals surface area (Å²) in [6.45, 7) is 5.85. The molecular formula is C14H21N3OS. The number of rotatable bonds is 7. The third-order valence-corrected chi connectivity index (χ3v) is 4.00. The molecule has 0 saturated carbocycles. The molecule has 0 fully saturated rings. The number of aromatic nitrogens is 2. The average molecular weight is 279 g/mol. The monoisotopic (exact) mass is 279 g/mol. The normalized spacial score (nSPS) is 12.8. The summed E-state index contributed by atoms with van der Waals surface area (Å²) < 4.78 is 1.77. The van der Waals surface area contributed by atoms with Crippen LogP contribution >= 0.6 is 11.3 Å². The van der Waals surface area contributed by atoms with Crippen LogP contribution in [0.1, 0.15) is 22.2 Å². The molecule has 0 aromatic carbocycles. The van der Waals surface area contributed by atoms with Crippen molar-refractivity contribution in [2.75, 3.05) is 6.61 Å². The van der Waals surface area contributed by atoms with E-state index < -0.39 is 0 Å². The van der Waals surface area contributed by atoms with E-state index in [1.807, 2.05) is 23.7 Å². The van der Waals surface area contributed by atoms with Gasteiger partial charge in [-0.25, -0.2) is 0 Å². The van der Waals surface area contributed by atoms with Gasteiger partial charge in [-0.3, -0.25) is 4.68 Å². The summed E-state index contributed by atoms with van der Waals surface area (Å²) in [6.07, 6.45) is 4.89. The highest BCUT2D eigenvalue weighted by Crippen LogP contribution is 2.16. The van der Waals surface area contributed by atoms with Gasteiger partial charge in [0.15, 0.2) is 0 Å². The van der Waals surface area contributed by atoms with Crippen molar-refractivity contribution in [3.8, 4) is 0 Å². The highest BCUT2D eigenvalue weighted by molar-refractivity contribution is 7.11. The molecule has 0 bridgehead atoms. The van der Waals surface area contributed by atoms with Gasteiger partial charge in [0, 0.05) is 34.1 Å². The maximum absolute atomic E-state index is 8.84. The number of aliphatic hydroxyl groups excluding tert-OH is 1. The van der Waals surface area contributed by atoms with E-state index in [2.05, 4.69) is 36.4 Å². The maximum Gasteiger partial charge on any atom is 0.0640 e. The summed E-state index contributed by atoms with van der Waals surface area (Å²) in [5.74, 6) is 0. The molecule has 1 atom stereocenters. The van der Waals surface area contributed by atoms with Gasteiger partial charge in [0.1, 0.15) is 0 Å². The minimum Gasteiger partial charge on any atom is -0.394 e. The van der Waals surface area contributed by atoms with Crippen molar-refractivity contribution in [3.63, 3.8) is 0 Å². The van der Waals surface area contributed by atoms with Crippen LogP contribution < -0.4 is 5.32 Å². The first-order valence-electron chi connectivity index (χ1n) is 6.58. The summed E-state index contributed by atoms with van der Waals surface area (Å²) in [5, 5.41) is 16.5. The zero-order chi connectivity index (χ0) is 13.7. The number of hydrogen-bond acceptors (Lipinski definition) is 4. The van der Waals surface area contributed by atoms with Crippen LogP contribution in [0.4, 0.5) is 0 Å². The Morgan fingerprint density at radius 1 is 1.47 bits per heavy atom. The molecule has 2 aromatic rings. The van der Waals surface area contributed by atoms with Crippen LogP contribution in [-0.4, -0.2) is 27.5 Å². The fourth-order valence-corrected chi connectivity index (χ4v) is 3.00. The first-order chi connectivity index (χ1) is 9.17. The molecule has 0 spiro atoms. The van der Waals surface area contributed by atoms with Crippen molar-refractivity contribution in [3.05, 3.63) is 39.8 Å². The van der Waals surface area contributed by atoms with Gasteiger partial charge < -0.3 is 10.4 Å². The molecule has 0 aliphatic heterocycles. The second-order valence-corrected chi connectivity index (χ2v) is 6.21. The molecule has 0 aliphatic carbocycles. The third kappa shape index (κ3) is 4.45. The standard InChI is InChI=1S/C14H21N3OS/c1-11(7-14-4-3-12(2)19-14)15-8-13-9-16-17(10-13)5-6-18/h3-4,9-11,15,18H,5-8H2,1-2H3. The van der Waals surface area contributed by atoms with Crippen molar-refractivity contribution in [2.24, 2.45) is 0 Å². The van der Waals surface area contributed by atoms with Gasteiger partial charge in [0.05, 0.1) is 19.3 Å². The van der Waals surface area contributed by atoms with Gasteiger partial charge in [0.25, 0.3) is 0 Å². The second-order valence-electron chi connectivity index (χ2n) is 4.83. The maximum atomic E-state index is 8.84. The summed E-state index contributed by atoms with van der Waals surface area (Å²) >= 11 is 1.86. The largest absolute Gasteiger partial charge is 0.394 e. The third-order valence-electron chi connectivity index (χ3n) is 2.97. The number of aliphatic hydroxyl groups is 1. The molecule has 2 rings (SSSR count). The summed E-state index contributed by atoms with van der Waals surface area (Å²) in [6, 6.07) is 4.82. The molecule has 1 unspecified atom stereocenters. The molecule has 2 aromatic heterocycles. The van der Waals surface area contributed by atoms with Crippen LogP contribution in [0.5, 0.6) is 0 Å². The van der Waals surface area contributed by atoms with E-state index in [-0.39, 0.29) is 6.61 Å². The lowest BCUT2D eigenvalue weighted by Crippen LogP contribution is -2.27. The predicted octanol–water partition coefficient (Wildman–Crippen LogP) is 1.97. The highest BCUT2D eigenvalue weighted by atomic mass is 32.1. The van der Waals surface area contributed by atoms with Crippen LogP contribution in [-0.2, 0) is 19.5 Å². The molecule has 4 nitrogen and oxygen atoms in total. The Morgan fingerprint density at radius 3 is 3.00 bits per heavy atom. The fraction of sp³-hybridized carbons (Fsp3) is 0.500. The Kier molecular flexibility index (Phi) is 5.13. The molecule has 5 heteroatoms. The van der Waals surface area contributed by atoms with Crippen molar-refractivity contribution in [1.29, 1.82) is 0 Å². The number of aryl methyl sites for hydroxylation is 1. The summed E-state index contributed by atoms with van der Waals surface area (Å²) in [5.41, 5.74) is 1.16. The van der Waals surface area contributed by atoms with Crippen LogP contribution in [0, 0.1) is 6.92 Å². The molecule has 0 saturated heterocycles. The summed E-state index contributed by atoms with van der Waals surface area (Å²) in [7, 11) is 0. The Morgan fingerprint density at radius 2 is 2.32 bits per heavy atom. The van der Waals surface area contributed by atoms with Crippen molar-refractivity contribution >= 4 is 11.3 Å². The fourth-order valence-electron chi connectivity index (χ4n) is 1.98. The topological polar surface area (TPSA) is 50.1 Å². The van der Waals surface area contributed by atoms with Gasteiger partial charge in [-0.2, -0.15) is 5.10 Å². The Labute approximate surface area is 118 Å². The molecule has 0 radical (unpaired) electrons. The van der Waals surface area contributed by atoms with E-state index in [9.17, 15) is 0 Å². The van der Waals surface area contributed by atoms with Gasteiger partial charge >= 0.3 is 0 Å². The van der Waals surface area contributed by atoms with Crippen molar-refractivity contribution < 1.29 is 5.11 Å². The minimum absolute atomic E-state index is 0.128. The first-order valence-corrected chi connectivity index (χ1v) is 7.40. The van der Waals surface area contributed by atoms with Gasteiger partial charge in [-0.05, 0) is 32.4 Å². The Hall–Kier alpha value is -1.17. The van der Waals surface area contributed by atoms with Crippen LogP contribution in [0.25, 0.3) is 0 Å². The smallest absolute Gasteiger partial charge is 0.0640 e. The molecule has 104 valence electrons. The van der Waals surface area contributed by atoms with E-state index in [1.165, 1.54) is 9.75 Å². The lowest BCUT2D eigenvalue weighted by atomic mass is 10.2. The molecule has 2 N–H and O–H groups in total. The Bertz CT molecular complexity index is 506. The quantitative estimate of drug-likeness (QED) is 0.814. The number of nitrogens with zero attached hydrogens (tertiary/aromatic N) is 2. The zero-order valence-electron chi connectivity index (χ0n) is 11.5. The molecule has 19 heavy (non-hydrogen) atoms. The Balaban J connectivity index is 1.77. The van der Waals surface area contributed by atoms with Gasteiger partial charge in [-0.1, -0.05) is 0 Å². The SMILES string of the molecule is Cc1ccc(CC(C)NCc2cnn(CCO)c2)s1. The van der Waals surface area contributed by atoms with E-state index >= 15 is 0 Å². The van der Waals surface area contributed by atoms with E-state index in [0.717, 1.165) is 18.5 Å². The summed E-state index contributed by atoms with van der Waals surface area (Å²) in [4.78, 5) is 2.79. The highest BCUT2D eigenvalue weighted by Gasteiger charge is 2.06. The lowest BCUT2D eigenvalue weighted by Gasteiger charge is -2.11. The lowest BCUT2D eigenvalue weighted by molar-refractivity contribution is 0.269.